The normalized spacial score (nSPS) is 19.3. The molecule has 0 radical (unpaired) electrons. The number of rotatable bonds is 7. The Morgan fingerprint density at radius 1 is 1.23 bits per heavy atom. The van der Waals surface area contributed by atoms with Crippen molar-refractivity contribution in [1.82, 2.24) is 9.78 Å². The number of aromatic amines is 1. The van der Waals surface area contributed by atoms with Gasteiger partial charge < -0.3 is 15.1 Å². The van der Waals surface area contributed by atoms with E-state index in [1.807, 2.05) is 12.1 Å². The molecule has 2 atom stereocenters. The van der Waals surface area contributed by atoms with Gasteiger partial charge in [0.2, 0.25) is 0 Å². The molecule has 2 heterocycles. The van der Waals surface area contributed by atoms with Crippen molar-refractivity contribution in [3.63, 3.8) is 0 Å². The van der Waals surface area contributed by atoms with Crippen LogP contribution in [0, 0.1) is 5.92 Å². The van der Waals surface area contributed by atoms with Crippen LogP contribution in [-0.4, -0.2) is 39.1 Å². The van der Waals surface area contributed by atoms with Crippen molar-refractivity contribution in [1.29, 1.82) is 0 Å². The predicted molar refractivity (Wildman–Crippen MR) is 120 cm³/mol. The molecule has 1 aliphatic heterocycles. The highest BCUT2D eigenvalue weighted by Gasteiger charge is 2.52. The lowest BCUT2D eigenvalue weighted by molar-refractivity contribution is -0.139. The van der Waals surface area contributed by atoms with E-state index in [0.717, 1.165) is 0 Å². The number of H-pyrrole nitrogens is 1. The van der Waals surface area contributed by atoms with E-state index in [2.05, 4.69) is 11.7 Å². The Labute approximate surface area is 179 Å². The Morgan fingerprint density at radius 3 is 2.71 bits per heavy atom. The van der Waals surface area contributed by atoms with Crippen LogP contribution in [0.5, 0.6) is 0 Å². The lowest BCUT2D eigenvalue weighted by Gasteiger charge is -2.27. The Kier molecular flexibility index (Phi) is 5.39. The third kappa shape index (κ3) is 3.22. The molecule has 0 saturated carbocycles. The number of carbonyl (C=O) groups is 1. The number of aliphatic hydroxyl groups is 2. The summed E-state index contributed by atoms with van der Waals surface area (Å²) in [6.07, 6.45) is 5.52. The third-order valence-corrected chi connectivity index (χ3v) is 5.79. The maximum absolute atomic E-state index is 13.3. The number of carbonyl (C=O) groups excluding carboxylic acids is 1. The van der Waals surface area contributed by atoms with Crippen molar-refractivity contribution >= 4 is 22.5 Å². The molecule has 4 rings (SSSR count). The molecule has 7 nitrogen and oxygen atoms in total. The first-order chi connectivity index (χ1) is 14.9. The van der Waals surface area contributed by atoms with Crippen molar-refractivity contribution in [3.8, 4) is 5.69 Å². The number of benzene rings is 2. The zero-order chi connectivity index (χ0) is 22.2. The fraction of sp³-hybridized carbons (Fsp3) is 0.250. The van der Waals surface area contributed by atoms with Gasteiger partial charge in [0.1, 0.15) is 0 Å². The number of para-hydroxylation sites is 1. The molecule has 0 bridgehead atoms. The molecular formula is C24H25N3O4. The van der Waals surface area contributed by atoms with E-state index in [-0.39, 0.29) is 18.7 Å². The number of hydrogen-bond acceptors (Lipinski definition) is 4. The second-order valence-corrected chi connectivity index (χ2v) is 7.70. The second kappa shape index (κ2) is 8.02. The highest BCUT2D eigenvalue weighted by Crippen LogP contribution is 2.45. The van der Waals surface area contributed by atoms with Crippen molar-refractivity contribution in [3.05, 3.63) is 83.2 Å². The Bertz CT molecular complexity index is 1240. The Balaban J connectivity index is 1.87. The number of hydrogen-bond donors (Lipinski definition) is 3. The summed E-state index contributed by atoms with van der Waals surface area (Å²) in [6.45, 7) is 5.72. The van der Waals surface area contributed by atoms with Gasteiger partial charge in [-0.3, -0.25) is 14.7 Å². The van der Waals surface area contributed by atoms with E-state index in [9.17, 15) is 14.7 Å². The predicted octanol–water partition coefficient (Wildman–Crippen LogP) is 2.61. The molecular weight excluding hydrogens is 394 g/mol. The quantitative estimate of drug-likeness (QED) is 0.513. The largest absolute Gasteiger partial charge is 0.396 e. The monoisotopic (exact) mass is 419 g/mol. The molecule has 0 aliphatic carbocycles. The zero-order valence-corrected chi connectivity index (χ0v) is 17.3. The molecule has 1 amide bonds. The van der Waals surface area contributed by atoms with Gasteiger partial charge in [-0.1, -0.05) is 37.3 Å². The van der Waals surface area contributed by atoms with Gasteiger partial charge in [0.25, 0.3) is 11.5 Å². The first-order valence-electron chi connectivity index (χ1n) is 10.2. The summed E-state index contributed by atoms with van der Waals surface area (Å²) in [5.41, 5.74) is 0.246. The highest BCUT2D eigenvalue weighted by molar-refractivity contribution is 6.07. The summed E-state index contributed by atoms with van der Waals surface area (Å²) in [6, 6.07) is 12.4. The van der Waals surface area contributed by atoms with E-state index < -0.39 is 17.4 Å². The van der Waals surface area contributed by atoms with Crippen LogP contribution in [0.2, 0.25) is 0 Å². The molecule has 0 spiro atoms. The summed E-state index contributed by atoms with van der Waals surface area (Å²) < 4.78 is 1.41. The molecule has 0 saturated heterocycles. The van der Waals surface area contributed by atoms with Gasteiger partial charge in [0.05, 0.1) is 22.3 Å². The van der Waals surface area contributed by atoms with Crippen LogP contribution >= 0.6 is 0 Å². The number of aromatic nitrogens is 2. The third-order valence-electron chi connectivity index (χ3n) is 5.79. The molecule has 160 valence electrons. The van der Waals surface area contributed by atoms with Crippen LogP contribution < -0.4 is 10.5 Å². The minimum absolute atomic E-state index is 0.0117. The fourth-order valence-electron chi connectivity index (χ4n) is 4.14. The molecule has 0 fully saturated rings. The van der Waals surface area contributed by atoms with Crippen LogP contribution in [0.1, 0.15) is 18.9 Å². The van der Waals surface area contributed by atoms with Gasteiger partial charge in [-0.15, -0.1) is 6.58 Å². The zero-order valence-electron chi connectivity index (χ0n) is 17.3. The second-order valence-electron chi connectivity index (χ2n) is 7.70. The van der Waals surface area contributed by atoms with Gasteiger partial charge in [-0.25, -0.2) is 4.68 Å². The standard InChI is InChI=1S/C24H25N3O4/c1-3-13-26-21-12-11-17(27-22(29)18-9-4-5-10-20(18)25-27)15-19(21)24(31,23(26)30)16(2)8-6-7-14-28/h3-6,8-12,15-16,25,28,31H,1,7,13-14H2,2H3/b8-6+/t16-,24+/m1/s1. The lowest BCUT2D eigenvalue weighted by Crippen LogP contribution is -2.44. The maximum atomic E-state index is 13.3. The van der Waals surface area contributed by atoms with Crippen LogP contribution in [0.15, 0.2) is 72.1 Å². The summed E-state index contributed by atoms with van der Waals surface area (Å²) >= 11 is 0. The minimum Gasteiger partial charge on any atom is -0.396 e. The van der Waals surface area contributed by atoms with E-state index >= 15 is 0 Å². The molecule has 1 aliphatic rings. The average molecular weight is 419 g/mol. The average Bonchev–Trinajstić information content (AvgIpc) is 3.22. The summed E-state index contributed by atoms with van der Waals surface area (Å²) in [5, 5.41) is 24.3. The van der Waals surface area contributed by atoms with Crippen LogP contribution in [0.3, 0.4) is 0 Å². The summed E-state index contributed by atoms with van der Waals surface area (Å²) in [4.78, 5) is 27.6. The summed E-state index contributed by atoms with van der Waals surface area (Å²) in [7, 11) is 0. The number of fused-ring (bicyclic) bond motifs is 2. The molecule has 3 aromatic rings. The highest BCUT2D eigenvalue weighted by atomic mass is 16.3. The van der Waals surface area contributed by atoms with E-state index in [1.54, 1.807) is 55.5 Å². The topological polar surface area (TPSA) is 98.6 Å². The van der Waals surface area contributed by atoms with E-state index in [1.165, 1.54) is 9.58 Å². The van der Waals surface area contributed by atoms with Gasteiger partial charge >= 0.3 is 0 Å². The SMILES string of the molecule is C=CCN1C(=O)[C@](O)([C@H](C)/C=C/CCO)c2cc(-n3[nH]c4ccccc4c3=O)ccc21. The number of anilines is 1. The minimum atomic E-state index is -1.80. The van der Waals surface area contributed by atoms with Crippen molar-refractivity contribution in [2.75, 3.05) is 18.1 Å². The molecule has 3 N–H and O–H groups in total. The molecule has 1 aromatic heterocycles. The summed E-state index contributed by atoms with van der Waals surface area (Å²) in [5.74, 6) is -0.987. The van der Waals surface area contributed by atoms with Gasteiger partial charge in [-0.2, -0.15) is 0 Å². The molecule has 31 heavy (non-hydrogen) atoms. The lowest BCUT2D eigenvalue weighted by atomic mass is 9.82. The van der Waals surface area contributed by atoms with Crippen molar-refractivity contribution < 1.29 is 15.0 Å². The first-order valence-corrected chi connectivity index (χ1v) is 10.2. The molecule has 0 unspecified atom stereocenters. The molecule has 7 heteroatoms. The Hall–Kier alpha value is -3.42. The molecule has 2 aromatic carbocycles. The first kappa shape index (κ1) is 20.8. The van der Waals surface area contributed by atoms with E-state index in [0.29, 0.717) is 34.3 Å². The number of nitrogens with one attached hydrogen (secondary N) is 1. The van der Waals surface area contributed by atoms with Crippen LogP contribution in [0.25, 0.3) is 16.6 Å². The van der Waals surface area contributed by atoms with Gasteiger partial charge in [0.15, 0.2) is 5.60 Å². The van der Waals surface area contributed by atoms with Crippen molar-refractivity contribution in [2.24, 2.45) is 5.92 Å². The smallest absolute Gasteiger partial charge is 0.279 e. The fourth-order valence-corrected chi connectivity index (χ4v) is 4.14. The van der Waals surface area contributed by atoms with Crippen LogP contribution in [0.4, 0.5) is 5.69 Å². The van der Waals surface area contributed by atoms with Gasteiger partial charge in [-0.05, 0) is 36.8 Å². The Morgan fingerprint density at radius 2 is 2.00 bits per heavy atom. The van der Waals surface area contributed by atoms with Crippen LogP contribution in [-0.2, 0) is 10.4 Å². The number of nitrogens with zero attached hydrogens (tertiary/aromatic N) is 2. The van der Waals surface area contributed by atoms with Crippen molar-refractivity contribution in [2.45, 2.75) is 18.9 Å². The van der Waals surface area contributed by atoms with E-state index in [4.69, 9.17) is 5.11 Å². The number of aliphatic hydroxyl groups excluding tert-OH is 1. The maximum Gasteiger partial charge on any atom is 0.279 e. The van der Waals surface area contributed by atoms with Gasteiger partial charge in [0, 0.05) is 24.6 Å². The number of amides is 1.